The molecule has 27 heavy (non-hydrogen) atoms. The summed E-state index contributed by atoms with van der Waals surface area (Å²) in [5.41, 5.74) is 2.53. The zero-order valence-corrected chi connectivity index (χ0v) is 15.5. The lowest BCUT2D eigenvalue weighted by Crippen LogP contribution is -2.35. The molecule has 2 aromatic carbocycles. The molecule has 6 nitrogen and oxygen atoms in total. The van der Waals surface area contributed by atoms with Crippen molar-refractivity contribution < 1.29 is 9.84 Å². The van der Waals surface area contributed by atoms with Crippen LogP contribution in [0.4, 0.5) is 0 Å². The van der Waals surface area contributed by atoms with E-state index in [-0.39, 0.29) is 16.2 Å². The van der Waals surface area contributed by atoms with Crippen molar-refractivity contribution in [3.8, 4) is 17.3 Å². The van der Waals surface area contributed by atoms with E-state index in [1.54, 1.807) is 19.2 Å². The van der Waals surface area contributed by atoms with Crippen molar-refractivity contribution in [1.82, 2.24) is 14.9 Å². The SMILES string of the molecule is COc1ccccc1-n1c(O)c([C@H]2NCCc3ccccc32)c(=O)[nH]c1=S. The van der Waals surface area contributed by atoms with Gasteiger partial charge in [0.1, 0.15) is 5.75 Å². The molecule has 7 heteroatoms. The molecule has 0 fully saturated rings. The summed E-state index contributed by atoms with van der Waals surface area (Å²) in [7, 11) is 1.55. The van der Waals surface area contributed by atoms with Gasteiger partial charge in [-0.05, 0) is 41.9 Å². The third-order valence-electron chi connectivity index (χ3n) is 4.84. The summed E-state index contributed by atoms with van der Waals surface area (Å²) in [5.74, 6) is 0.348. The van der Waals surface area contributed by atoms with Crippen molar-refractivity contribution in [2.75, 3.05) is 13.7 Å². The Kier molecular flexibility index (Phi) is 4.55. The number of ether oxygens (including phenoxy) is 1. The second kappa shape index (κ2) is 7.02. The smallest absolute Gasteiger partial charge is 0.260 e. The summed E-state index contributed by atoms with van der Waals surface area (Å²) in [5, 5.41) is 14.4. The zero-order valence-electron chi connectivity index (χ0n) is 14.7. The fourth-order valence-corrected chi connectivity index (χ4v) is 3.88. The van der Waals surface area contributed by atoms with Gasteiger partial charge in [-0.25, -0.2) is 0 Å². The molecule has 0 aliphatic carbocycles. The van der Waals surface area contributed by atoms with Gasteiger partial charge in [0.25, 0.3) is 5.56 Å². The van der Waals surface area contributed by atoms with E-state index in [9.17, 15) is 9.90 Å². The summed E-state index contributed by atoms with van der Waals surface area (Å²) in [6.07, 6.45) is 0.872. The van der Waals surface area contributed by atoms with Crippen LogP contribution in [0.1, 0.15) is 22.7 Å². The second-order valence-electron chi connectivity index (χ2n) is 6.34. The number of aromatic nitrogens is 2. The predicted molar refractivity (Wildman–Crippen MR) is 105 cm³/mol. The lowest BCUT2D eigenvalue weighted by molar-refractivity contribution is 0.396. The highest BCUT2D eigenvalue weighted by Crippen LogP contribution is 2.34. The van der Waals surface area contributed by atoms with Gasteiger partial charge in [0.15, 0.2) is 4.77 Å². The van der Waals surface area contributed by atoms with Gasteiger partial charge in [0, 0.05) is 6.54 Å². The van der Waals surface area contributed by atoms with Crippen LogP contribution >= 0.6 is 12.2 Å². The molecule has 4 rings (SSSR count). The number of rotatable bonds is 3. The Morgan fingerprint density at radius 2 is 1.93 bits per heavy atom. The van der Waals surface area contributed by atoms with E-state index < -0.39 is 11.6 Å². The van der Waals surface area contributed by atoms with E-state index in [1.807, 2.05) is 36.4 Å². The second-order valence-corrected chi connectivity index (χ2v) is 6.73. The summed E-state index contributed by atoms with van der Waals surface area (Å²) in [4.78, 5) is 15.4. The topological polar surface area (TPSA) is 79.3 Å². The fourth-order valence-electron chi connectivity index (χ4n) is 3.60. The third kappa shape index (κ3) is 2.94. The predicted octanol–water partition coefficient (Wildman–Crippen LogP) is 2.84. The number of nitrogens with zero attached hydrogens (tertiary/aromatic N) is 1. The summed E-state index contributed by atoms with van der Waals surface area (Å²) in [6.45, 7) is 0.713. The zero-order chi connectivity index (χ0) is 19.0. The maximum absolute atomic E-state index is 12.7. The molecule has 138 valence electrons. The van der Waals surface area contributed by atoms with Crippen LogP contribution in [0.3, 0.4) is 0 Å². The van der Waals surface area contributed by atoms with Crippen molar-refractivity contribution in [3.05, 3.63) is 80.3 Å². The number of methoxy groups -OCH3 is 1. The maximum atomic E-state index is 12.7. The lowest BCUT2D eigenvalue weighted by Gasteiger charge is -2.28. The molecular weight excluding hydrogens is 362 g/mol. The van der Waals surface area contributed by atoms with Crippen molar-refractivity contribution in [1.29, 1.82) is 0 Å². The van der Waals surface area contributed by atoms with E-state index in [2.05, 4.69) is 10.3 Å². The molecule has 0 saturated carbocycles. The molecular formula is C20H19N3O3S. The first-order chi connectivity index (χ1) is 13.1. The van der Waals surface area contributed by atoms with Crippen LogP contribution in [0.25, 0.3) is 5.69 Å². The standard InChI is InChI=1S/C20H19N3O3S/c1-26-15-9-5-4-8-14(15)23-19(25)16(18(24)22-20(23)27)17-13-7-3-2-6-12(13)10-11-21-17/h2-9,17,21,25H,10-11H2,1H3,(H,22,24,27)/t17-/m0/s1. The highest BCUT2D eigenvalue weighted by atomic mass is 32.1. The largest absolute Gasteiger partial charge is 0.495 e. The Morgan fingerprint density at radius 1 is 1.19 bits per heavy atom. The highest BCUT2D eigenvalue weighted by molar-refractivity contribution is 7.71. The minimum atomic E-state index is -0.421. The molecule has 0 bridgehead atoms. The Hall–Kier alpha value is -2.90. The number of H-pyrrole nitrogens is 1. The minimum absolute atomic E-state index is 0.106. The van der Waals surface area contributed by atoms with Gasteiger partial charge < -0.3 is 15.2 Å². The van der Waals surface area contributed by atoms with Gasteiger partial charge in [-0.3, -0.25) is 14.3 Å². The van der Waals surface area contributed by atoms with Crippen LogP contribution in [-0.4, -0.2) is 28.3 Å². The first-order valence-electron chi connectivity index (χ1n) is 8.64. The average molecular weight is 381 g/mol. The van der Waals surface area contributed by atoms with Gasteiger partial charge in [-0.15, -0.1) is 0 Å². The average Bonchev–Trinajstić information content (AvgIpc) is 2.68. The van der Waals surface area contributed by atoms with E-state index in [1.165, 1.54) is 4.57 Å². The molecule has 3 aromatic rings. The molecule has 0 spiro atoms. The maximum Gasteiger partial charge on any atom is 0.260 e. The number of para-hydroxylation sites is 2. The Morgan fingerprint density at radius 3 is 2.74 bits per heavy atom. The normalized spacial score (nSPS) is 16.0. The van der Waals surface area contributed by atoms with Gasteiger partial charge in [-0.2, -0.15) is 0 Å². The van der Waals surface area contributed by atoms with Crippen LogP contribution < -0.4 is 15.6 Å². The Bertz CT molecular complexity index is 1120. The monoisotopic (exact) mass is 381 g/mol. The molecule has 0 unspecified atom stereocenters. The number of fused-ring (bicyclic) bond motifs is 1. The minimum Gasteiger partial charge on any atom is -0.495 e. The molecule has 3 N–H and O–H groups in total. The molecule has 1 aliphatic heterocycles. The van der Waals surface area contributed by atoms with Crippen LogP contribution in [0.2, 0.25) is 0 Å². The van der Waals surface area contributed by atoms with Gasteiger partial charge in [0.05, 0.1) is 24.4 Å². The van der Waals surface area contributed by atoms with Gasteiger partial charge in [0.2, 0.25) is 5.88 Å². The van der Waals surface area contributed by atoms with Crippen molar-refractivity contribution in [2.24, 2.45) is 0 Å². The number of aromatic amines is 1. The third-order valence-corrected chi connectivity index (χ3v) is 5.13. The van der Waals surface area contributed by atoms with E-state index in [0.29, 0.717) is 18.0 Å². The molecule has 0 amide bonds. The molecule has 0 saturated heterocycles. The molecule has 2 heterocycles. The Balaban J connectivity index is 1.97. The summed E-state index contributed by atoms with van der Waals surface area (Å²) in [6, 6.07) is 14.7. The Labute approximate surface area is 161 Å². The van der Waals surface area contributed by atoms with Crippen LogP contribution in [0, 0.1) is 4.77 Å². The highest BCUT2D eigenvalue weighted by Gasteiger charge is 2.28. The lowest BCUT2D eigenvalue weighted by atomic mass is 9.90. The van der Waals surface area contributed by atoms with Crippen LogP contribution in [-0.2, 0) is 6.42 Å². The number of benzene rings is 2. The molecule has 1 atom stereocenters. The molecule has 1 aliphatic rings. The first-order valence-corrected chi connectivity index (χ1v) is 9.05. The van der Waals surface area contributed by atoms with E-state index in [0.717, 1.165) is 17.5 Å². The van der Waals surface area contributed by atoms with E-state index in [4.69, 9.17) is 17.0 Å². The number of hydrogen-bond acceptors (Lipinski definition) is 5. The van der Waals surface area contributed by atoms with Gasteiger partial charge in [-0.1, -0.05) is 36.4 Å². The number of aromatic hydroxyl groups is 1. The number of hydrogen-bond donors (Lipinski definition) is 3. The number of nitrogens with one attached hydrogen (secondary N) is 2. The summed E-state index contributed by atoms with van der Waals surface area (Å²) >= 11 is 5.33. The molecule has 1 aromatic heterocycles. The first kappa shape index (κ1) is 17.5. The van der Waals surface area contributed by atoms with Crippen molar-refractivity contribution in [2.45, 2.75) is 12.5 Å². The fraction of sp³-hybridized carbons (Fsp3) is 0.200. The van der Waals surface area contributed by atoms with Crippen molar-refractivity contribution >= 4 is 12.2 Å². The van der Waals surface area contributed by atoms with Crippen LogP contribution in [0.5, 0.6) is 11.6 Å². The van der Waals surface area contributed by atoms with Crippen molar-refractivity contribution in [3.63, 3.8) is 0 Å². The van der Waals surface area contributed by atoms with E-state index >= 15 is 0 Å². The quantitative estimate of drug-likeness (QED) is 0.608. The summed E-state index contributed by atoms with van der Waals surface area (Å²) < 4.78 is 6.94. The molecule has 0 radical (unpaired) electrons. The van der Waals surface area contributed by atoms with Crippen LogP contribution in [0.15, 0.2) is 53.3 Å². The van der Waals surface area contributed by atoms with Gasteiger partial charge >= 0.3 is 0 Å².